The monoisotopic (exact) mass is 473 g/mol. The molecule has 0 bridgehead atoms. The van der Waals surface area contributed by atoms with Gasteiger partial charge in [-0.25, -0.2) is 4.79 Å². The van der Waals surface area contributed by atoms with Gasteiger partial charge in [-0.05, 0) is 51.9 Å². The highest BCUT2D eigenvalue weighted by atomic mass is 16.5. The Morgan fingerprint density at radius 3 is 2.56 bits per heavy atom. The van der Waals surface area contributed by atoms with Gasteiger partial charge in [0, 0.05) is 39.0 Å². The van der Waals surface area contributed by atoms with Gasteiger partial charge in [-0.15, -0.1) is 0 Å². The number of aromatic nitrogens is 1. The van der Waals surface area contributed by atoms with Crippen LogP contribution in [0.1, 0.15) is 35.7 Å². The molecule has 1 aliphatic heterocycles. The lowest BCUT2D eigenvalue weighted by Crippen LogP contribution is -2.45. The number of aryl methyl sites for hydroxylation is 2. The summed E-state index contributed by atoms with van der Waals surface area (Å²) in [5.74, 6) is 0.987. The van der Waals surface area contributed by atoms with Crippen LogP contribution < -0.4 is 15.4 Å². The van der Waals surface area contributed by atoms with Crippen LogP contribution in [-0.2, 0) is 4.74 Å². The van der Waals surface area contributed by atoms with Crippen LogP contribution >= 0.6 is 0 Å². The Hall–Kier alpha value is -3.11. The number of fused-ring (bicyclic) bond motifs is 1. The predicted octanol–water partition coefficient (Wildman–Crippen LogP) is 3.37. The number of benzene rings is 1. The van der Waals surface area contributed by atoms with Crippen molar-refractivity contribution in [3.05, 3.63) is 35.2 Å². The van der Waals surface area contributed by atoms with Gasteiger partial charge in [0.2, 0.25) is 0 Å². The van der Waals surface area contributed by atoms with E-state index in [9.17, 15) is 9.59 Å². The molecule has 34 heavy (non-hydrogen) atoms. The number of hydrogen-bond acceptors (Lipinski definition) is 7. The van der Waals surface area contributed by atoms with E-state index >= 15 is 0 Å². The average Bonchev–Trinajstić information content (AvgIpc) is 3.11. The molecular formula is C24H35N5O5. The quantitative estimate of drug-likeness (QED) is 0.703. The minimum absolute atomic E-state index is 0.116. The zero-order valence-electron chi connectivity index (χ0n) is 21.0. The van der Waals surface area contributed by atoms with Crippen LogP contribution in [0, 0.1) is 19.8 Å². The average molecular weight is 474 g/mol. The molecule has 0 aliphatic carbocycles. The van der Waals surface area contributed by atoms with Gasteiger partial charge >= 0.3 is 6.03 Å². The molecule has 0 unspecified atom stereocenters. The number of likely N-dealkylation sites (N-methyl/N-ethyl adjacent to an activating group) is 2. The number of nitrogens with zero attached hydrogens (tertiary/aromatic N) is 3. The molecule has 1 aromatic heterocycles. The van der Waals surface area contributed by atoms with E-state index in [0.717, 1.165) is 6.54 Å². The number of rotatable bonds is 3. The van der Waals surface area contributed by atoms with Gasteiger partial charge in [-0.3, -0.25) is 9.69 Å². The van der Waals surface area contributed by atoms with E-state index in [-0.39, 0.29) is 24.0 Å². The molecule has 2 N–H and O–H groups in total. The van der Waals surface area contributed by atoms with Gasteiger partial charge in [0.25, 0.3) is 5.91 Å². The molecule has 10 heteroatoms. The van der Waals surface area contributed by atoms with Gasteiger partial charge in [0.05, 0.1) is 11.7 Å². The van der Waals surface area contributed by atoms with Crippen molar-refractivity contribution in [2.45, 2.75) is 39.8 Å². The zero-order valence-corrected chi connectivity index (χ0v) is 21.0. The first-order valence-corrected chi connectivity index (χ1v) is 11.4. The molecule has 10 nitrogen and oxygen atoms in total. The van der Waals surface area contributed by atoms with Crippen molar-refractivity contribution >= 4 is 23.3 Å². The fourth-order valence-electron chi connectivity index (χ4n) is 3.97. The Bertz CT molecular complexity index is 1000. The summed E-state index contributed by atoms with van der Waals surface area (Å²) in [6.45, 7) is 9.34. The number of methoxy groups -OCH3 is 1. The summed E-state index contributed by atoms with van der Waals surface area (Å²) in [7, 11) is 5.47. The van der Waals surface area contributed by atoms with Gasteiger partial charge < -0.3 is 29.5 Å². The molecule has 2 aromatic rings. The smallest absolute Gasteiger partial charge is 0.323 e. The molecule has 1 aromatic carbocycles. The molecule has 3 rings (SSSR count). The number of carbonyl (C=O) groups is 2. The third kappa shape index (κ3) is 5.87. The fraction of sp³-hybridized carbons (Fsp3) is 0.542. The molecule has 0 saturated heterocycles. The van der Waals surface area contributed by atoms with Crippen molar-refractivity contribution in [1.82, 2.24) is 15.0 Å². The molecule has 3 amide bonds. The summed E-state index contributed by atoms with van der Waals surface area (Å²) in [6, 6.07) is 4.72. The highest BCUT2D eigenvalue weighted by molar-refractivity contribution is 6.02. The van der Waals surface area contributed by atoms with Crippen LogP contribution in [0.2, 0.25) is 0 Å². The van der Waals surface area contributed by atoms with E-state index in [1.54, 1.807) is 51.1 Å². The number of hydrogen-bond donors (Lipinski definition) is 2. The van der Waals surface area contributed by atoms with Crippen molar-refractivity contribution in [3.63, 3.8) is 0 Å². The standard InChI is InChI=1S/C24H35N5O5/c1-14-11-28(5)15(2)13-33-20-9-8-18(10-19(20)23(30)29(6)12-21(14)32-7)25-24(31)26-22-16(3)27-34-17(22)4/h8-10,14-15,21H,11-13H2,1-7H3,(H2,25,26,31)/t14-,15-,21-/m1/s1. The Kier molecular flexibility index (Phi) is 8.16. The van der Waals surface area contributed by atoms with E-state index in [2.05, 4.69) is 41.6 Å². The second-order valence-electron chi connectivity index (χ2n) is 9.03. The second kappa shape index (κ2) is 10.9. The Balaban J connectivity index is 1.86. The lowest BCUT2D eigenvalue weighted by atomic mass is 10.0. The molecule has 0 radical (unpaired) electrons. The minimum Gasteiger partial charge on any atom is -0.491 e. The maximum absolute atomic E-state index is 13.4. The maximum Gasteiger partial charge on any atom is 0.323 e. The summed E-state index contributed by atoms with van der Waals surface area (Å²) < 4.78 is 16.9. The van der Waals surface area contributed by atoms with Crippen molar-refractivity contribution in [3.8, 4) is 5.75 Å². The first-order valence-electron chi connectivity index (χ1n) is 11.4. The molecule has 186 valence electrons. The topological polar surface area (TPSA) is 109 Å². The zero-order chi connectivity index (χ0) is 25.0. The van der Waals surface area contributed by atoms with Crippen LogP contribution in [0.5, 0.6) is 5.75 Å². The third-order valence-electron chi connectivity index (χ3n) is 6.29. The summed E-state index contributed by atoms with van der Waals surface area (Å²) in [6.07, 6.45) is -0.116. The number of carbonyl (C=O) groups excluding carboxylic acids is 2. The summed E-state index contributed by atoms with van der Waals surface area (Å²) in [5.41, 5.74) is 1.93. The lowest BCUT2D eigenvalue weighted by molar-refractivity contribution is 0.0150. The Labute approximate surface area is 200 Å². The van der Waals surface area contributed by atoms with E-state index < -0.39 is 6.03 Å². The number of ether oxygens (including phenoxy) is 2. The first kappa shape index (κ1) is 25.5. The van der Waals surface area contributed by atoms with E-state index in [1.807, 2.05) is 0 Å². The molecular weight excluding hydrogens is 438 g/mol. The molecule has 0 fully saturated rings. The molecule has 0 saturated carbocycles. The lowest BCUT2D eigenvalue weighted by Gasteiger charge is -2.34. The van der Waals surface area contributed by atoms with Gasteiger partial charge in [0.15, 0.2) is 5.76 Å². The van der Waals surface area contributed by atoms with Crippen LogP contribution in [0.25, 0.3) is 0 Å². The van der Waals surface area contributed by atoms with Gasteiger partial charge in [-0.1, -0.05) is 12.1 Å². The Morgan fingerprint density at radius 1 is 1.18 bits per heavy atom. The molecule has 3 atom stereocenters. The summed E-state index contributed by atoms with van der Waals surface area (Å²) in [5, 5.41) is 9.34. The summed E-state index contributed by atoms with van der Waals surface area (Å²) >= 11 is 0. The molecule has 0 spiro atoms. The van der Waals surface area contributed by atoms with Crippen molar-refractivity contribution in [1.29, 1.82) is 0 Å². The van der Waals surface area contributed by atoms with E-state index in [1.165, 1.54) is 0 Å². The number of amides is 3. The maximum atomic E-state index is 13.4. The van der Waals surface area contributed by atoms with Crippen LogP contribution in [0.3, 0.4) is 0 Å². The highest BCUT2D eigenvalue weighted by Gasteiger charge is 2.27. The van der Waals surface area contributed by atoms with E-state index in [4.69, 9.17) is 14.0 Å². The molecule has 1 aliphatic rings. The summed E-state index contributed by atoms with van der Waals surface area (Å²) in [4.78, 5) is 29.8. The normalized spacial score (nSPS) is 22.3. The van der Waals surface area contributed by atoms with E-state index in [0.29, 0.717) is 47.3 Å². The largest absolute Gasteiger partial charge is 0.491 e. The van der Waals surface area contributed by atoms with Crippen molar-refractivity contribution < 1.29 is 23.6 Å². The van der Waals surface area contributed by atoms with Crippen molar-refractivity contribution in [2.24, 2.45) is 5.92 Å². The first-order chi connectivity index (χ1) is 16.1. The van der Waals surface area contributed by atoms with Crippen LogP contribution in [-0.4, -0.2) is 79.9 Å². The predicted molar refractivity (Wildman–Crippen MR) is 130 cm³/mol. The second-order valence-corrected chi connectivity index (χ2v) is 9.03. The van der Waals surface area contributed by atoms with Gasteiger partial charge in [-0.2, -0.15) is 0 Å². The Morgan fingerprint density at radius 2 is 1.91 bits per heavy atom. The highest BCUT2D eigenvalue weighted by Crippen LogP contribution is 2.27. The van der Waals surface area contributed by atoms with Crippen molar-refractivity contribution in [2.75, 3.05) is 51.5 Å². The SMILES string of the molecule is CO[C@@H]1CN(C)C(=O)c2cc(NC(=O)Nc3c(C)noc3C)ccc2OC[C@@H](C)N(C)C[C@H]1C. The van der Waals surface area contributed by atoms with Crippen LogP contribution in [0.4, 0.5) is 16.2 Å². The number of nitrogens with one attached hydrogen (secondary N) is 2. The third-order valence-corrected chi connectivity index (χ3v) is 6.29. The van der Waals surface area contributed by atoms with Crippen LogP contribution in [0.15, 0.2) is 22.7 Å². The number of urea groups is 1. The fourth-order valence-corrected chi connectivity index (χ4v) is 3.97. The number of anilines is 2. The molecule has 2 heterocycles. The minimum atomic E-state index is -0.465. The van der Waals surface area contributed by atoms with Gasteiger partial charge in [0.1, 0.15) is 23.7 Å².